The molecule has 2 nitrogen and oxygen atoms in total. The van der Waals surface area contributed by atoms with Crippen molar-refractivity contribution in [3.05, 3.63) is 41.6 Å². The van der Waals surface area contributed by atoms with Gasteiger partial charge in [0.1, 0.15) is 0 Å². The molecule has 1 heterocycles. The third-order valence-electron chi connectivity index (χ3n) is 2.23. The first kappa shape index (κ1) is 8.05. The van der Waals surface area contributed by atoms with Crippen molar-refractivity contribution in [1.82, 2.24) is 0 Å². The topological polar surface area (TPSA) is 38.4 Å². The summed E-state index contributed by atoms with van der Waals surface area (Å²) >= 11 is 0. The van der Waals surface area contributed by atoms with Gasteiger partial charge in [-0.15, -0.1) is 0 Å². The lowest BCUT2D eigenvalue weighted by atomic mass is 10.0. The molecule has 0 unspecified atom stereocenters. The molecule has 0 aliphatic carbocycles. The number of hydrogen-bond donors (Lipinski definition) is 1. The maximum atomic E-state index is 5.87. The highest BCUT2D eigenvalue weighted by Crippen LogP contribution is 2.22. The molecule has 2 N–H and O–H groups in total. The molecule has 13 heavy (non-hydrogen) atoms. The molecule has 2 heteroatoms. The number of allylic oxidation sites excluding steroid dienone is 1. The molecule has 2 rings (SSSR count). The molecular formula is C11H12N2. The fourth-order valence-corrected chi connectivity index (χ4v) is 1.59. The van der Waals surface area contributed by atoms with Crippen LogP contribution in [0, 0.1) is 0 Å². The van der Waals surface area contributed by atoms with Gasteiger partial charge < -0.3 is 5.73 Å². The van der Waals surface area contributed by atoms with Gasteiger partial charge in [-0.1, -0.05) is 30.3 Å². The van der Waals surface area contributed by atoms with Gasteiger partial charge in [-0.3, -0.25) is 4.99 Å². The Morgan fingerprint density at radius 3 is 2.46 bits per heavy atom. The third-order valence-corrected chi connectivity index (χ3v) is 2.23. The number of hydrogen-bond acceptors (Lipinski definition) is 2. The zero-order chi connectivity index (χ0) is 9.26. The summed E-state index contributed by atoms with van der Waals surface area (Å²) in [6.07, 6.45) is 0. The lowest BCUT2D eigenvalue weighted by Gasteiger charge is -2.03. The van der Waals surface area contributed by atoms with Crippen molar-refractivity contribution in [2.75, 3.05) is 6.54 Å². The minimum absolute atomic E-state index is 0.649. The standard InChI is InChI=1S/C11H12N2/c1-8-11(10(12)7-13-8)9-5-3-2-4-6-9/h2-6H,7,12H2,1H3. The molecule has 1 aliphatic rings. The molecule has 0 fully saturated rings. The van der Waals surface area contributed by atoms with Crippen LogP contribution in [-0.4, -0.2) is 12.3 Å². The van der Waals surface area contributed by atoms with E-state index in [1.54, 1.807) is 0 Å². The zero-order valence-corrected chi connectivity index (χ0v) is 7.62. The Balaban J connectivity index is 2.48. The number of nitrogens with two attached hydrogens (primary N) is 1. The van der Waals surface area contributed by atoms with E-state index in [-0.39, 0.29) is 0 Å². The fourth-order valence-electron chi connectivity index (χ4n) is 1.59. The Hall–Kier alpha value is -1.57. The molecule has 0 aromatic heterocycles. The van der Waals surface area contributed by atoms with E-state index in [2.05, 4.69) is 17.1 Å². The minimum atomic E-state index is 0.649. The molecule has 66 valence electrons. The van der Waals surface area contributed by atoms with Crippen LogP contribution in [0.5, 0.6) is 0 Å². The van der Waals surface area contributed by atoms with Crippen LogP contribution in [0.1, 0.15) is 12.5 Å². The number of benzene rings is 1. The van der Waals surface area contributed by atoms with E-state index < -0.39 is 0 Å². The SMILES string of the molecule is CC1=NCC(N)=C1c1ccccc1. The largest absolute Gasteiger partial charge is 0.400 e. The molecule has 0 amide bonds. The van der Waals surface area contributed by atoms with E-state index in [4.69, 9.17) is 5.73 Å². The molecule has 0 atom stereocenters. The second-order valence-electron chi connectivity index (χ2n) is 3.17. The van der Waals surface area contributed by atoms with Gasteiger partial charge in [0.2, 0.25) is 0 Å². The zero-order valence-electron chi connectivity index (χ0n) is 7.62. The fraction of sp³-hybridized carbons (Fsp3) is 0.182. The van der Waals surface area contributed by atoms with Gasteiger partial charge in [0.05, 0.1) is 6.54 Å². The minimum Gasteiger partial charge on any atom is -0.400 e. The number of nitrogens with zero attached hydrogens (tertiary/aromatic N) is 1. The van der Waals surface area contributed by atoms with Crippen molar-refractivity contribution in [1.29, 1.82) is 0 Å². The van der Waals surface area contributed by atoms with Gasteiger partial charge in [-0.2, -0.15) is 0 Å². The first-order valence-electron chi connectivity index (χ1n) is 4.34. The summed E-state index contributed by atoms with van der Waals surface area (Å²) in [4.78, 5) is 4.29. The van der Waals surface area contributed by atoms with Gasteiger partial charge in [-0.25, -0.2) is 0 Å². The van der Waals surface area contributed by atoms with Crippen LogP contribution < -0.4 is 5.73 Å². The van der Waals surface area contributed by atoms with E-state index in [9.17, 15) is 0 Å². The average Bonchev–Trinajstić information content (AvgIpc) is 2.48. The van der Waals surface area contributed by atoms with Crippen molar-refractivity contribution in [2.24, 2.45) is 10.7 Å². The highest BCUT2D eigenvalue weighted by molar-refractivity contribution is 6.25. The molecular weight excluding hydrogens is 160 g/mol. The summed E-state index contributed by atoms with van der Waals surface area (Å²) in [5, 5.41) is 0. The monoisotopic (exact) mass is 172 g/mol. The van der Waals surface area contributed by atoms with Crippen LogP contribution in [0.15, 0.2) is 41.0 Å². The van der Waals surface area contributed by atoms with Crippen molar-refractivity contribution in [3.8, 4) is 0 Å². The van der Waals surface area contributed by atoms with E-state index in [0.717, 1.165) is 17.0 Å². The van der Waals surface area contributed by atoms with E-state index in [1.807, 2.05) is 25.1 Å². The van der Waals surface area contributed by atoms with Crippen molar-refractivity contribution in [2.45, 2.75) is 6.92 Å². The van der Waals surface area contributed by atoms with Gasteiger partial charge in [-0.05, 0) is 12.5 Å². The van der Waals surface area contributed by atoms with Crippen LogP contribution in [-0.2, 0) is 0 Å². The van der Waals surface area contributed by atoms with Crippen LogP contribution in [0.3, 0.4) is 0 Å². The summed E-state index contributed by atoms with van der Waals surface area (Å²) in [5.41, 5.74) is 10.1. The third kappa shape index (κ3) is 1.35. The Kier molecular flexibility index (Phi) is 1.89. The van der Waals surface area contributed by atoms with Crippen LogP contribution in [0.4, 0.5) is 0 Å². The maximum Gasteiger partial charge on any atom is 0.0794 e. The predicted molar refractivity (Wildman–Crippen MR) is 55.5 cm³/mol. The van der Waals surface area contributed by atoms with Crippen LogP contribution >= 0.6 is 0 Å². The van der Waals surface area contributed by atoms with Gasteiger partial charge in [0.25, 0.3) is 0 Å². The predicted octanol–water partition coefficient (Wildman–Crippen LogP) is 1.83. The molecule has 0 radical (unpaired) electrons. The average molecular weight is 172 g/mol. The summed E-state index contributed by atoms with van der Waals surface area (Å²) < 4.78 is 0. The molecule has 1 aromatic rings. The highest BCUT2D eigenvalue weighted by atomic mass is 14.8. The Labute approximate surface area is 77.8 Å². The van der Waals surface area contributed by atoms with Gasteiger partial charge >= 0.3 is 0 Å². The van der Waals surface area contributed by atoms with E-state index in [0.29, 0.717) is 6.54 Å². The lowest BCUT2D eigenvalue weighted by Crippen LogP contribution is -2.02. The summed E-state index contributed by atoms with van der Waals surface area (Å²) in [7, 11) is 0. The highest BCUT2D eigenvalue weighted by Gasteiger charge is 2.14. The van der Waals surface area contributed by atoms with Gasteiger partial charge in [0.15, 0.2) is 0 Å². The Morgan fingerprint density at radius 1 is 1.23 bits per heavy atom. The number of aliphatic imine (C=N–C) groups is 1. The Morgan fingerprint density at radius 2 is 1.92 bits per heavy atom. The first-order valence-corrected chi connectivity index (χ1v) is 4.34. The Bertz CT molecular complexity index is 374. The van der Waals surface area contributed by atoms with Crippen molar-refractivity contribution >= 4 is 11.3 Å². The normalized spacial score (nSPS) is 16.2. The quantitative estimate of drug-likeness (QED) is 0.689. The van der Waals surface area contributed by atoms with E-state index >= 15 is 0 Å². The molecule has 1 aromatic carbocycles. The summed E-state index contributed by atoms with van der Waals surface area (Å²) in [6, 6.07) is 10.2. The van der Waals surface area contributed by atoms with Gasteiger partial charge in [0, 0.05) is 17.0 Å². The maximum absolute atomic E-state index is 5.87. The summed E-state index contributed by atoms with van der Waals surface area (Å²) in [5.74, 6) is 0. The molecule has 0 saturated carbocycles. The van der Waals surface area contributed by atoms with Crippen LogP contribution in [0.25, 0.3) is 5.57 Å². The molecule has 1 aliphatic heterocycles. The number of rotatable bonds is 1. The molecule has 0 saturated heterocycles. The van der Waals surface area contributed by atoms with Crippen molar-refractivity contribution < 1.29 is 0 Å². The first-order chi connectivity index (χ1) is 6.29. The van der Waals surface area contributed by atoms with E-state index in [1.165, 1.54) is 5.56 Å². The van der Waals surface area contributed by atoms with Crippen LogP contribution in [0.2, 0.25) is 0 Å². The van der Waals surface area contributed by atoms with Crippen molar-refractivity contribution in [3.63, 3.8) is 0 Å². The molecule has 0 bridgehead atoms. The second kappa shape index (κ2) is 3.05. The summed E-state index contributed by atoms with van der Waals surface area (Å²) in [6.45, 7) is 2.65. The lowest BCUT2D eigenvalue weighted by molar-refractivity contribution is 1.14. The smallest absolute Gasteiger partial charge is 0.0794 e. The molecule has 0 spiro atoms. The second-order valence-corrected chi connectivity index (χ2v) is 3.17.